The maximum Gasteiger partial charge on any atom is 0.413 e. The highest BCUT2D eigenvalue weighted by atomic mass is 16.4. The molecule has 0 saturated carbocycles. The van der Waals surface area contributed by atoms with Crippen LogP contribution in [0.4, 0.5) is 16.3 Å². The van der Waals surface area contributed by atoms with Crippen LogP contribution in [0.5, 0.6) is 0 Å². The van der Waals surface area contributed by atoms with Gasteiger partial charge in [0.2, 0.25) is 0 Å². The molecule has 0 atom stereocenters. The molecule has 0 saturated heterocycles. The monoisotopic (exact) mass is 247 g/mol. The van der Waals surface area contributed by atoms with Crippen LogP contribution < -0.4 is 10.6 Å². The lowest BCUT2D eigenvalue weighted by atomic mass is 10.3. The fourth-order valence-corrected chi connectivity index (χ4v) is 1.63. The Bertz CT molecular complexity index is 614. The van der Waals surface area contributed by atoms with Gasteiger partial charge in [-0.2, -0.15) is 0 Å². The first kappa shape index (κ1) is 12.0. The number of rotatable bonds is 2. The highest BCUT2D eigenvalue weighted by Gasteiger charge is 2.16. The molecule has 0 aliphatic heterocycles. The Morgan fingerprint density at radius 2 is 2.22 bits per heavy atom. The summed E-state index contributed by atoms with van der Waals surface area (Å²) in [5.41, 5.74) is 7.78. The van der Waals surface area contributed by atoms with Crippen LogP contribution in [0.1, 0.15) is 12.6 Å². The lowest BCUT2D eigenvalue weighted by Gasteiger charge is -2.16. The van der Waals surface area contributed by atoms with Crippen molar-refractivity contribution in [3.8, 4) is 0 Å². The first-order valence-electron chi connectivity index (χ1n) is 5.43. The molecule has 0 bridgehead atoms. The van der Waals surface area contributed by atoms with E-state index in [1.807, 2.05) is 0 Å². The van der Waals surface area contributed by atoms with Gasteiger partial charge in [0, 0.05) is 12.6 Å². The second-order valence-corrected chi connectivity index (χ2v) is 3.78. The van der Waals surface area contributed by atoms with Crippen molar-refractivity contribution in [2.24, 2.45) is 0 Å². The minimum absolute atomic E-state index is 0.258. The summed E-state index contributed by atoms with van der Waals surface area (Å²) >= 11 is 0. The minimum atomic E-state index is -1.08. The van der Waals surface area contributed by atoms with E-state index in [0.717, 1.165) is 10.6 Å². The fraction of sp³-hybridized carbons (Fsp3) is 0.273. The van der Waals surface area contributed by atoms with Crippen molar-refractivity contribution < 1.29 is 9.90 Å². The molecule has 7 nitrogen and oxygen atoms in total. The summed E-state index contributed by atoms with van der Waals surface area (Å²) < 4.78 is 0. The predicted octanol–water partition coefficient (Wildman–Crippen LogP) is 1.42. The molecular formula is C11H13N5O2. The average molecular weight is 247 g/mol. The zero-order valence-corrected chi connectivity index (χ0v) is 10.1. The van der Waals surface area contributed by atoms with Crippen molar-refractivity contribution >= 4 is 28.8 Å². The Labute approximate surface area is 103 Å². The molecule has 2 aromatic rings. The van der Waals surface area contributed by atoms with Gasteiger partial charge < -0.3 is 10.8 Å². The number of aryl methyl sites for hydroxylation is 1. The van der Waals surface area contributed by atoms with E-state index >= 15 is 0 Å². The zero-order valence-electron chi connectivity index (χ0n) is 10.1. The van der Waals surface area contributed by atoms with Gasteiger partial charge in [-0.3, -0.25) is 4.90 Å². The maximum atomic E-state index is 11.0. The van der Waals surface area contributed by atoms with Gasteiger partial charge in [0.15, 0.2) is 5.65 Å². The van der Waals surface area contributed by atoms with E-state index < -0.39 is 6.09 Å². The van der Waals surface area contributed by atoms with Crippen LogP contribution >= 0.6 is 0 Å². The number of nitrogen functional groups attached to an aromatic ring is 1. The van der Waals surface area contributed by atoms with Crippen molar-refractivity contribution in [2.45, 2.75) is 13.8 Å². The maximum absolute atomic E-state index is 11.0. The van der Waals surface area contributed by atoms with Crippen molar-refractivity contribution in [1.82, 2.24) is 15.0 Å². The third kappa shape index (κ3) is 2.02. The molecule has 94 valence electrons. The topological polar surface area (TPSA) is 105 Å². The number of carbonyl (C=O) groups is 1. The first-order valence-corrected chi connectivity index (χ1v) is 5.43. The first-order chi connectivity index (χ1) is 8.52. The molecule has 0 fully saturated rings. The number of hydrogen-bond acceptors (Lipinski definition) is 5. The molecule has 0 unspecified atom stereocenters. The van der Waals surface area contributed by atoms with Gasteiger partial charge in [-0.25, -0.2) is 19.7 Å². The summed E-state index contributed by atoms with van der Waals surface area (Å²) in [6, 6.07) is 1.49. The molecule has 3 N–H and O–H groups in total. The Balaban J connectivity index is 2.62. The van der Waals surface area contributed by atoms with Crippen LogP contribution in [0, 0.1) is 6.92 Å². The number of anilines is 2. The average Bonchev–Trinajstić information content (AvgIpc) is 2.30. The van der Waals surface area contributed by atoms with E-state index in [1.54, 1.807) is 20.0 Å². The lowest BCUT2D eigenvalue weighted by molar-refractivity contribution is 0.202. The second kappa shape index (κ2) is 4.44. The normalized spacial score (nSPS) is 10.6. The van der Waals surface area contributed by atoms with Gasteiger partial charge in [0.05, 0.1) is 17.6 Å². The number of nitrogens with two attached hydrogens (primary N) is 1. The molecule has 1 amide bonds. The van der Waals surface area contributed by atoms with Crippen LogP contribution in [0.3, 0.4) is 0 Å². The summed E-state index contributed by atoms with van der Waals surface area (Å²) in [5, 5.41) is 9.04. The molecule has 0 spiro atoms. The van der Waals surface area contributed by atoms with Crippen molar-refractivity contribution in [3.63, 3.8) is 0 Å². The van der Waals surface area contributed by atoms with Gasteiger partial charge in [-0.1, -0.05) is 0 Å². The summed E-state index contributed by atoms with van der Waals surface area (Å²) in [7, 11) is 0. The Morgan fingerprint density at radius 3 is 2.83 bits per heavy atom. The Morgan fingerprint density at radius 1 is 1.50 bits per heavy atom. The molecular weight excluding hydrogens is 234 g/mol. The molecule has 2 heterocycles. The van der Waals surface area contributed by atoms with Gasteiger partial charge in [-0.05, 0) is 13.8 Å². The summed E-state index contributed by atoms with van der Waals surface area (Å²) in [4.78, 5) is 24.6. The van der Waals surface area contributed by atoms with E-state index in [2.05, 4.69) is 15.0 Å². The van der Waals surface area contributed by atoms with Crippen molar-refractivity contribution in [2.75, 3.05) is 17.2 Å². The second-order valence-electron chi connectivity index (χ2n) is 3.78. The number of nitrogens with zero attached hydrogens (tertiary/aromatic N) is 4. The third-order valence-electron chi connectivity index (χ3n) is 2.48. The smallest absolute Gasteiger partial charge is 0.413 e. The number of fused-ring (bicyclic) bond motifs is 1. The van der Waals surface area contributed by atoms with E-state index in [0.29, 0.717) is 16.9 Å². The largest absolute Gasteiger partial charge is 0.465 e. The SMILES string of the molecule is CCN(C(=O)O)c1cc(N)c2nc(C)cnc2n1. The van der Waals surface area contributed by atoms with Crippen LogP contribution in [-0.2, 0) is 0 Å². The summed E-state index contributed by atoms with van der Waals surface area (Å²) in [6.07, 6.45) is 0.485. The van der Waals surface area contributed by atoms with E-state index in [9.17, 15) is 4.79 Å². The van der Waals surface area contributed by atoms with Crippen LogP contribution in [0.15, 0.2) is 12.3 Å². The number of aromatic nitrogens is 3. The van der Waals surface area contributed by atoms with Gasteiger partial charge in [0.25, 0.3) is 0 Å². The molecule has 2 rings (SSSR count). The molecule has 0 aromatic carbocycles. The zero-order chi connectivity index (χ0) is 13.3. The Kier molecular flexibility index (Phi) is 2.97. The van der Waals surface area contributed by atoms with Gasteiger partial charge >= 0.3 is 6.09 Å². The molecule has 18 heavy (non-hydrogen) atoms. The molecule has 2 aromatic heterocycles. The lowest BCUT2D eigenvalue weighted by Crippen LogP contribution is -2.29. The number of hydrogen-bond donors (Lipinski definition) is 2. The minimum Gasteiger partial charge on any atom is -0.465 e. The van der Waals surface area contributed by atoms with Crippen LogP contribution in [0.25, 0.3) is 11.2 Å². The number of pyridine rings is 1. The van der Waals surface area contributed by atoms with E-state index in [4.69, 9.17) is 10.8 Å². The van der Waals surface area contributed by atoms with Crippen molar-refractivity contribution in [1.29, 1.82) is 0 Å². The van der Waals surface area contributed by atoms with Gasteiger partial charge in [-0.15, -0.1) is 0 Å². The molecule has 0 aliphatic rings. The summed E-state index contributed by atoms with van der Waals surface area (Å²) in [5.74, 6) is 0.258. The van der Waals surface area contributed by atoms with E-state index in [-0.39, 0.29) is 12.4 Å². The Hall–Kier alpha value is -2.44. The molecule has 0 aliphatic carbocycles. The predicted molar refractivity (Wildman–Crippen MR) is 67.5 cm³/mol. The van der Waals surface area contributed by atoms with Crippen molar-refractivity contribution in [3.05, 3.63) is 18.0 Å². The highest BCUT2D eigenvalue weighted by molar-refractivity contribution is 5.91. The molecule has 0 radical (unpaired) electrons. The fourth-order valence-electron chi connectivity index (χ4n) is 1.63. The third-order valence-corrected chi connectivity index (χ3v) is 2.48. The molecule has 7 heteroatoms. The van der Waals surface area contributed by atoms with Crippen LogP contribution in [0.2, 0.25) is 0 Å². The number of amides is 1. The summed E-state index contributed by atoms with van der Waals surface area (Å²) in [6.45, 7) is 3.80. The highest BCUT2D eigenvalue weighted by Crippen LogP contribution is 2.22. The quantitative estimate of drug-likeness (QED) is 0.831. The standard InChI is InChI=1S/C11H13N5O2/c1-3-16(11(17)18)8-4-7(12)9-10(15-8)13-5-6(2)14-9/h4-5H,3H2,1-2H3,(H,17,18)(H2,12,13,15). The van der Waals surface area contributed by atoms with Crippen LogP contribution in [-0.4, -0.2) is 32.7 Å². The number of carboxylic acid groups (broad SMARTS) is 1. The van der Waals surface area contributed by atoms with E-state index in [1.165, 1.54) is 6.07 Å². The van der Waals surface area contributed by atoms with Gasteiger partial charge in [0.1, 0.15) is 11.3 Å².